The number of anilines is 1. The zero-order valence-corrected chi connectivity index (χ0v) is 11.2. The summed E-state index contributed by atoms with van der Waals surface area (Å²) in [5.74, 6) is 0. The van der Waals surface area contributed by atoms with Crippen molar-refractivity contribution in [3.05, 3.63) is 58.2 Å². The second-order valence-electron chi connectivity index (χ2n) is 4.20. The van der Waals surface area contributed by atoms with Crippen LogP contribution in [0, 0.1) is 10.1 Å². The van der Waals surface area contributed by atoms with Gasteiger partial charge in [0.1, 0.15) is 5.69 Å². The first-order valence-electron chi connectivity index (χ1n) is 6.02. The SMILES string of the molecule is CNc1ccc(/C=C(/C)c2cnccn2)cc1[N+](=O)[O-]. The molecule has 2 rings (SSSR count). The maximum Gasteiger partial charge on any atom is 0.292 e. The largest absolute Gasteiger partial charge is 0.383 e. The average Bonchev–Trinajstić information content (AvgIpc) is 2.48. The minimum absolute atomic E-state index is 0.0493. The van der Waals surface area contributed by atoms with Crippen molar-refractivity contribution in [2.45, 2.75) is 6.92 Å². The molecule has 0 amide bonds. The Labute approximate surface area is 116 Å². The summed E-state index contributed by atoms with van der Waals surface area (Å²) in [5, 5.41) is 13.8. The van der Waals surface area contributed by atoms with Gasteiger partial charge in [-0.25, -0.2) is 0 Å². The molecular formula is C14H14N4O2. The van der Waals surface area contributed by atoms with E-state index in [2.05, 4.69) is 15.3 Å². The van der Waals surface area contributed by atoms with Gasteiger partial charge in [-0.15, -0.1) is 0 Å². The number of aromatic nitrogens is 2. The molecule has 0 aliphatic carbocycles. The number of rotatable bonds is 4. The fourth-order valence-corrected chi connectivity index (χ4v) is 1.83. The van der Waals surface area contributed by atoms with E-state index in [9.17, 15) is 10.1 Å². The lowest BCUT2D eigenvalue weighted by Gasteiger charge is -2.04. The Morgan fingerprint density at radius 2 is 2.20 bits per heavy atom. The van der Waals surface area contributed by atoms with Crippen LogP contribution in [0.25, 0.3) is 11.6 Å². The molecule has 102 valence electrons. The van der Waals surface area contributed by atoms with Gasteiger partial charge in [0.2, 0.25) is 0 Å². The third kappa shape index (κ3) is 2.97. The number of allylic oxidation sites excluding steroid dienone is 1. The molecule has 2 aromatic rings. The van der Waals surface area contributed by atoms with Crippen molar-refractivity contribution in [3.63, 3.8) is 0 Å². The summed E-state index contributed by atoms with van der Waals surface area (Å²) in [4.78, 5) is 18.8. The van der Waals surface area contributed by atoms with Gasteiger partial charge < -0.3 is 5.32 Å². The number of hydrogen-bond acceptors (Lipinski definition) is 5. The van der Waals surface area contributed by atoms with Gasteiger partial charge in [0, 0.05) is 25.5 Å². The third-order valence-electron chi connectivity index (χ3n) is 2.84. The van der Waals surface area contributed by atoms with Crippen LogP contribution in [0.3, 0.4) is 0 Å². The second-order valence-corrected chi connectivity index (χ2v) is 4.20. The van der Waals surface area contributed by atoms with Gasteiger partial charge in [0.15, 0.2) is 0 Å². The standard InChI is InChI=1S/C14H14N4O2/c1-10(13-9-16-5-6-17-13)7-11-3-4-12(15-2)14(8-11)18(19)20/h3-9,15H,1-2H3/b10-7-. The second kappa shape index (κ2) is 5.92. The van der Waals surface area contributed by atoms with Gasteiger partial charge in [0.25, 0.3) is 5.69 Å². The maximum absolute atomic E-state index is 11.0. The molecule has 0 radical (unpaired) electrons. The molecular weight excluding hydrogens is 256 g/mol. The van der Waals surface area contributed by atoms with Crippen LogP contribution in [0.1, 0.15) is 18.2 Å². The maximum atomic E-state index is 11.0. The molecule has 0 aliphatic rings. The predicted octanol–water partition coefficient (Wildman–Crippen LogP) is 2.99. The molecule has 0 aliphatic heterocycles. The molecule has 0 saturated carbocycles. The Balaban J connectivity index is 2.39. The topological polar surface area (TPSA) is 81.0 Å². The molecule has 0 bridgehead atoms. The number of nitro groups is 1. The van der Waals surface area contributed by atoms with E-state index in [1.54, 1.807) is 31.7 Å². The average molecular weight is 270 g/mol. The Morgan fingerprint density at radius 3 is 2.80 bits per heavy atom. The highest BCUT2D eigenvalue weighted by molar-refractivity contribution is 5.80. The minimum atomic E-state index is -0.402. The van der Waals surface area contributed by atoms with E-state index in [0.29, 0.717) is 5.69 Å². The quantitative estimate of drug-likeness (QED) is 0.682. The van der Waals surface area contributed by atoms with Gasteiger partial charge in [-0.05, 0) is 30.2 Å². The van der Waals surface area contributed by atoms with Crippen molar-refractivity contribution in [1.29, 1.82) is 0 Å². The normalized spacial score (nSPS) is 11.2. The lowest BCUT2D eigenvalue weighted by Crippen LogP contribution is -1.96. The molecule has 20 heavy (non-hydrogen) atoms. The first-order chi connectivity index (χ1) is 9.61. The van der Waals surface area contributed by atoms with Gasteiger partial charge in [0.05, 0.1) is 16.8 Å². The summed E-state index contributed by atoms with van der Waals surface area (Å²) in [6.07, 6.45) is 6.71. The highest BCUT2D eigenvalue weighted by atomic mass is 16.6. The molecule has 1 aromatic carbocycles. The lowest BCUT2D eigenvalue weighted by molar-refractivity contribution is -0.383. The predicted molar refractivity (Wildman–Crippen MR) is 78.2 cm³/mol. The Morgan fingerprint density at radius 1 is 1.40 bits per heavy atom. The van der Waals surface area contributed by atoms with Crippen molar-refractivity contribution in [2.75, 3.05) is 12.4 Å². The van der Waals surface area contributed by atoms with E-state index in [1.807, 2.05) is 19.1 Å². The smallest absolute Gasteiger partial charge is 0.292 e. The summed E-state index contributed by atoms with van der Waals surface area (Å²) < 4.78 is 0. The highest BCUT2D eigenvalue weighted by Crippen LogP contribution is 2.26. The molecule has 1 heterocycles. The number of nitrogens with zero attached hydrogens (tertiary/aromatic N) is 3. The van der Waals surface area contributed by atoms with E-state index in [4.69, 9.17) is 0 Å². The van der Waals surface area contributed by atoms with Crippen molar-refractivity contribution >= 4 is 23.0 Å². The van der Waals surface area contributed by atoms with Crippen molar-refractivity contribution in [3.8, 4) is 0 Å². The van der Waals surface area contributed by atoms with E-state index in [1.165, 1.54) is 6.07 Å². The number of benzene rings is 1. The van der Waals surface area contributed by atoms with Crippen LogP contribution in [-0.2, 0) is 0 Å². The van der Waals surface area contributed by atoms with E-state index in [0.717, 1.165) is 16.8 Å². The summed E-state index contributed by atoms with van der Waals surface area (Å²) in [5.41, 5.74) is 2.92. The molecule has 1 N–H and O–H groups in total. The molecule has 6 heteroatoms. The zero-order chi connectivity index (χ0) is 14.5. The van der Waals surface area contributed by atoms with Crippen LogP contribution in [0.15, 0.2) is 36.8 Å². The van der Waals surface area contributed by atoms with Crippen LogP contribution in [0.5, 0.6) is 0 Å². The summed E-state index contributed by atoms with van der Waals surface area (Å²) in [6, 6.07) is 5.04. The van der Waals surface area contributed by atoms with Gasteiger partial charge in [-0.1, -0.05) is 6.07 Å². The molecule has 0 fully saturated rings. The monoisotopic (exact) mass is 270 g/mol. The zero-order valence-electron chi connectivity index (χ0n) is 11.2. The minimum Gasteiger partial charge on any atom is -0.383 e. The molecule has 0 unspecified atom stereocenters. The molecule has 6 nitrogen and oxygen atoms in total. The Kier molecular flexibility index (Phi) is 4.05. The summed E-state index contributed by atoms with van der Waals surface area (Å²) in [7, 11) is 1.66. The fraction of sp³-hybridized carbons (Fsp3) is 0.143. The van der Waals surface area contributed by atoms with E-state index in [-0.39, 0.29) is 5.69 Å². The number of nitro benzene ring substituents is 1. The van der Waals surface area contributed by atoms with Crippen LogP contribution in [0.4, 0.5) is 11.4 Å². The first-order valence-corrected chi connectivity index (χ1v) is 6.02. The van der Waals surface area contributed by atoms with Crippen LogP contribution >= 0.6 is 0 Å². The molecule has 0 spiro atoms. The van der Waals surface area contributed by atoms with Crippen LogP contribution in [0.2, 0.25) is 0 Å². The van der Waals surface area contributed by atoms with Crippen LogP contribution < -0.4 is 5.32 Å². The fourth-order valence-electron chi connectivity index (χ4n) is 1.83. The summed E-state index contributed by atoms with van der Waals surface area (Å²) >= 11 is 0. The Bertz CT molecular complexity index is 653. The van der Waals surface area contributed by atoms with Gasteiger partial charge in [-0.2, -0.15) is 0 Å². The Hall–Kier alpha value is -2.76. The molecule has 1 aromatic heterocycles. The van der Waals surface area contributed by atoms with E-state index >= 15 is 0 Å². The lowest BCUT2D eigenvalue weighted by atomic mass is 10.1. The van der Waals surface area contributed by atoms with E-state index < -0.39 is 4.92 Å². The molecule has 0 saturated heterocycles. The molecule has 0 atom stereocenters. The van der Waals surface area contributed by atoms with Crippen LogP contribution in [-0.4, -0.2) is 21.9 Å². The number of nitrogens with one attached hydrogen (secondary N) is 1. The number of hydrogen-bond donors (Lipinski definition) is 1. The van der Waals surface area contributed by atoms with Crippen molar-refractivity contribution < 1.29 is 4.92 Å². The van der Waals surface area contributed by atoms with Crippen molar-refractivity contribution in [1.82, 2.24) is 9.97 Å². The highest BCUT2D eigenvalue weighted by Gasteiger charge is 2.12. The van der Waals surface area contributed by atoms with Gasteiger partial charge in [-0.3, -0.25) is 20.1 Å². The third-order valence-corrected chi connectivity index (χ3v) is 2.84. The van der Waals surface area contributed by atoms with Crippen molar-refractivity contribution in [2.24, 2.45) is 0 Å². The summed E-state index contributed by atoms with van der Waals surface area (Å²) in [6.45, 7) is 1.89. The first kappa shape index (κ1) is 13.7. The van der Waals surface area contributed by atoms with Gasteiger partial charge >= 0.3 is 0 Å².